The number of nitrogens with zero attached hydrogens (tertiary/aromatic N) is 5. The van der Waals surface area contributed by atoms with Crippen molar-refractivity contribution in [2.75, 3.05) is 13.2 Å². The maximum atomic E-state index is 5.96. The van der Waals surface area contributed by atoms with Crippen LogP contribution in [0.2, 0.25) is 0 Å². The van der Waals surface area contributed by atoms with Crippen LogP contribution in [-0.2, 0) is 17.8 Å². The fourth-order valence-corrected chi connectivity index (χ4v) is 3.77. The lowest BCUT2D eigenvalue weighted by Gasteiger charge is -2.43. The summed E-state index contributed by atoms with van der Waals surface area (Å²) in [5.74, 6) is 0.945. The van der Waals surface area contributed by atoms with Crippen molar-refractivity contribution >= 4 is 0 Å². The Hall–Kier alpha value is -1.79. The molecular formula is C17H23N5O. The normalized spacial score (nSPS) is 25.2. The van der Waals surface area contributed by atoms with Crippen LogP contribution < -0.4 is 0 Å². The molecule has 0 amide bonds. The standard InChI is InChI=1S/C17H23N5O/c1-2-6-14(7-3-1)12-22-17(18-19-20-22)13-21-10-11-23-16-9-5-4-8-15(16)21/h1-3,6-7,15-16H,4-5,8-13H2/t15-,16+/m1/s1. The molecule has 6 nitrogen and oxygen atoms in total. The third-order valence-electron chi connectivity index (χ3n) is 4.97. The lowest BCUT2D eigenvalue weighted by atomic mass is 9.90. The average molecular weight is 313 g/mol. The molecular weight excluding hydrogens is 290 g/mol. The van der Waals surface area contributed by atoms with Gasteiger partial charge < -0.3 is 4.74 Å². The van der Waals surface area contributed by atoms with E-state index in [1.165, 1.54) is 31.2 Å². The van der Waals surface area contributed by atoms with Gasteiger partial charge in [-0.25, -0.2) is 4.68 Å². The lowest BCUT2D eigenvalue weighted by Crippen LogP contribution is -2.52. The summed E-state index contributed by atoms with van der Waals surface area (Å²) in [6, 6.07) is 10.9. The van der Waals surface area contributed by atoms with Crippen molar-refractivity contribution in [2.45, 2.75) is 50.9 Å². The minimum atomic E-state index is 0.399. The molecule has 0 unspecified atom stereocenters. The zero-order valence-electron chi connectivity index (χ0n) is 13.3. The number of morpholine rings is 1. The number of aromatic nitrogens is 4. The molecule has 122 valence electrons. The Balaban J connectivity index is 1.47. The highest BCUT2D eigenvalue weighted by molar-refractivity contribution is 5.15. The van der Waals surface area contributed by atoms with E-state index >= 15 is 0 Å². The largest absolute Gasteiger partial charge is 0.375 e. The molecule has 2 aromatic rings. The lowest BCUT2D eigenvalue weighted by molar-refractivity contribution is -0.0921. The van der Waals surface area contributed by atoms with E-state index in [0.29, 0.717) is 12.1 Å². The molecule has 1 saturated heterocycles. The Kier molecular flexibility index (Phi) is 4.35. The highest BCUT2D eigenvalue weighted by Gasteiger charge is 2.34. The predicted octanol–water partition coefficient (Wildman–Crippen LogP) is 1.86. The van der Waals surface area contributed by atoms with E-state index in [1.54, 1.807) is 0 Å². The van der Waals surface area contributed by atoms with E-state index in [-0.39, 0.29) is 0 Å². The van der Waals surface area contributed by atoms with Gasteiger partial charge in [-0.1, -0.05) is 43.2 Å². The molecule has 6 heteroatoms. The smallest absolute Gasteiger partial charge is 0.165 e. The number of rotatable bonds is 4. The second kappa shape index (κ2) is 6.76. The first-order chi connectivity index (χ1) is 11.4. The van der Waals surface area contributed by atoms with Gasteiger partial charge in [0.25, 0.3) is 0 Å². The Bertz CT molecular complexity index is 627. The fourth-order valence-electron chi connectivity index (χ4n) is 3.77. The molecule has 1 aliphatic heterocycles. The van der Waals surface area contributed by atoms with Crippen LogP contribution >= 0.6 is 0 Å². The number of hydrogen-bond acceptors (Lipinski definition) is 5. The first kappa shape index (κ1) is 14.8. The van der Waals surface area contributed by atoms with Crippen LogP contribution in [0.25, 0.3) is 0 Å². The summed E-state index contributed by atoms with van der Waals surface area (Å²) in [7, 11) is 0. The van der Waals surface area contributed by atoms with Crippen LogP contribution in [0.3, 0.4) is 0 Å². The van der Waals surface area contributed by atoms with E-state index in [4.69, 9.17) is 4.74 Å². The average Bonchev–Trinajstić information content (AvgIpc) is 3.03. The van der Waals surface area contributed by atoms with E-state index < -0.39 is 0 Å². The molecule has 2 heterocycles. The van der Waals surface area contributed by atoms with E-state index in [9.17, 15) is 0 Å². The quantitative estimate of drug-likeness (QED) is 0.862. The molecule has 2 fully saturated rings. The Morgan fingerprint density at radius 2 is 1.96 bits per heavy atom. The molecule has 4 rings (SSSR count). The first-order valence-electron chi connectivity index (χ1n) is 8.55. The molecule has 2 aliphatic rings. The van der Waals surface area contributed by atoms with Gasteiger partial charge in [-0.2, -0.15) is 0 Å². The summed E-state index contributed by atoms with van der Waals surface area (Å²) < 4.78 is 7.88. The van der Waals surface area contributed by atoms with Gasteiger partial charge in [0.2, 0.25) is 0 Å². The number of fused-ring (bicyclic) bond motifs is 1. The number of benzene rings is 1. The molecule has 0 bridgehead atoms. The SMILES string of the molecule is c1ccc(Cn2nnnc2CN2CCO[C@H]3CCCC[C@H]32)cc1. The molecule has 0 spiro atoms. The summed E-state index contributed by atoms with van der Waals surface area (Å²) >= 11 is 0. The van der Waals surface area contributed by atoms with Crippen molar-refractivity contribution in [1.29, 1.82) is 0 Å². The highest BCUT2D eigenvalue weighted by Crippen LogP contribution is 2.29. The Labute approximate surface area is 136 Å². The third kappa shape index (κ3) is 3.28. The predicted molar refractivity (Wildman–Crippen MR) is 85.8 cm³/mol. The third-order valence-corrected chi connectivity index (χ3v) is 4.97. The van der Waals surface area contributed by atoms with Gasteiger partial charge >= 0.3 is 0 Å². The van der Waals surface area contributed by atoms with E-state index in [0.717, 1.165) is 32.1 Å². The van der Waals surface area contributed by atoms with Gasteiger partial charge in [0.05, 0.1) is 25.8 Å². The summed E-state index contributed by atoms with van der Waals surface area (Å²) in [5, 5.41) is 12.3. The van der Waals surface area contributed by atoms with Crippen LogP contribution in [0.4, 0.5) is 0 Å². The zero-order chi connectivity index (χ0) is 15.5. The van der Waals surface area contributed by atoms with Gasteiger partial charge in [-0.05, 0) is 28.8 Å². The van der Waals surface area contributed by atoms with Gasteiger partial charge in [0, 0.05) is 12.6 Å². The van der Waals surface area contributed by atoms with Crippen LogP contribution in [0.5, 0.6) is 0 Å². The first-order valence-corrected chi connectivity index (χ1v) is 8.55. The molecule has 0 radical (unpaired) electrons. The number of tetrazole rings is 1. The summed E-state index contributed by atoms with van der Waals surface area (Å²) in [6.07, 6.45) is 5.41. The molecule has 1 saturated carbocycles. The number of hydrogen-bond donors (Lipinski definition) is 0. The minimum Gasteiger partial charge on any atom is -0.375 e. The molecule has 0 N–H and O–H groups in total. The van der Waals surface area contributed by atoms with Crippen molar-refractivity contribution < 1.29 is 4.74 Å². The van der Waals surface area contributed by atoms with Crippen molar-refractivity contribution in [3.05, 3.63) is 41.7 Å². The van der Waals surface area contributed by atoms with Gasteiger partial charge in [-0.15, -0.1) is 5.10 Å². The zero-order valence-corrected chi connectivity index (χ0v) is 13.3. The van der Waals surface area contributed by atoms with Crippen LogP contribution in [0, 0.1) is 0 Å². The fraction of sp³-hybridized carbons (Fsp3) is 0.588. The Morgan fingerprint density at radius 1 is 1.09 bits per heavy atom. The van der Waals surface area contributed by atoms with Gasteiger partial charge in [0.15, 0.2) is 5.82 Å². The van der Waals surface area contributed by atoms with Crippen molar-refractivity contribution in [3.8, 4) is 0 Å². The molecule has 1 aromatic carbocycles. The maximum absolute atomic E-state index is 5.96. The molecule has 2 atom stereocenters. The monoisotopic (exact) mass is 313 g/mol. The topological polar surface area (TPSA) is 56.1 Å². The van der Waals surface area contributed by atoms with Crippen molar-refractivity contribution in [3.63, 3.8) is 0 Å². The van der Waals surface area contributed by atoms with Crippen LogP contribution in [0.15, 0.2) is 30.3 Å². The summed E-state index contributed by atoms with van der Waals surface area (Å²) in [4.78, 5) is 2.51. The number of ether oxygens (including phenoxy) is 1. The molecule has 1 aromatic heterocycles. The van der Waals surface area contributed by atoms with Gasteiger partial charge in [-0.3, -0.25) is 4.90 Å². The van der Waals surface area contributed by atoms with Crippen molar-refractivity contribution in [2.24, 2.45) is 0 Å². The summed E-state index contributed by atoms with van der Waals surface area (Å²) in [5.41, 5.74) is 1.22. The van der Waals surface area contributed by atoms with Crippen molar-refractivity contribution in [1.82, 2.24) is 25.1 Å². The molecule has 23 heavy (non-hydrogen) atoms. The second-order valence-corrected chi connectivity index (χ2v) is 6.47. The second-order valence-electron chi connectivity index (χ2n) is 6.47. The van der Waals surface area contributed by atoms with Crippen LogP contribution in [0.1, 0.15) is 37.1 Å². The highest BCUT2D eigenvalue weighted by atomic mass is 16.5. The minimum absolute atomic E-state index is 0.399. The van der Waals surface area contributed by atoms with Crippen LogP contribution in [-0.4, -0.2) is 50.4 Å². The Morgan fingerprint density at radius 3 is 2.87 bits per heavy atom. The van der Waals surface area contributed by atoms with Gasteiger partial charge in [0.1, 0.15) is 0 Å². The maximum Gasteiger partial charge on any atom is 0.165 e. The van der Waals surface area contributed by atoms with E-state index in [2.05, 4.69) is 32.6 Å². The molecule has 1 aliphatic carbocycles. The summed E-state index contributed by atoms with van der Waals surface area (Å²) in [6.45, 7) is 3.33. The van der Waals surface area contributed by atoms with E-state index in [1.807, 2.05) is 22.9 Å².